The molecule has 1 N–H and O–H groups in total. The van der Waals surface area contributed by atoms with E-state index in [0.29, 0.717) is 11.6 Å². The number of fused-ring (bicyclic) bond motifs is 1. The monoisotopic (exact) mass is 230 g/mol. The van der Waals surface area contributed by atoms with Gasteiger partial charge in [-0.05, 0) is 18.9 Å². The van der Waals surface area contributed by atoms with E-state index in [4.69, 9.17) is 0 Å². The number of nitro benzene ring substituents is 1. The summed E-state index contributed by atoms with van der Waals surface area (Å²) >= 11 is 0. The first-order valence-electron chi connectivity index (χ1n) is 5.65. The Labute approximate surface area is 100 Å². The van der Waals surface area contributed by atoms with Crippen molar-refractivity contribution in [3.8, 4) is 11.8 Å². The summed E-state index contributed by atoms with van der Waals surface area (Å²) in [4.78, 5) is 10.5. The Kier molecular flexibility index (Phi) is 3.29. The molecule has 0 saturated carbocycles. The van der Waals surface area contributed by atoms with Gasteiger partial charge in [-0.1, -0.05) is 12.1 Å². The molecule has 0 aliphatic carbocycles. The second-order valence-electron chi connectivity index (χ2n) is 4.04. The Hall–Kier alpha value is -2.02. The van der Waals surface area contributed by atoms with Crippen molar-refractivity contribution in [2.75, 3.05) is 11.9 Å². The number of nitrogens with one attached hydrogen (secondary N) is 1. The van der Waals surface area contributed by atoms with Crippen LogP contribution in [-0.2, 0) is 0 Å². The molecule has 1 atom stereocenters. The number of nitrogens with zero attached hydrogens (tertiary/aromatic N) is 1. The quantitative estimate of drug-likeness (QED) is 0.493. The standard InChI is InChI=1S/C13H14N2O2/c1-2-3-4-6-10-9-14-13-11(10)7-5-8-12(13)15(16)17/h5,7-8,10,14H,4,6,9H2,1H3. The molecule has 0 amide bonds. The van der Waals surface area contributed by atoms with Crippen LogP contribution in [0.4, 0.5) is 11.4 Å². The van der Waals surface area contributed by atoms with Gasteiger partial charge in [-0.2, -0.15) is 0 Å². The lowest BCUT2D eigenvalue weighted by Crippen LogP contribution is -2.01. The van der Waals surface area contributed by atoms with E-state index >= 15 is 0 Å². The fraction of sp³-hybridized carbons (Fsp3) is 0.385. The molecule has 0 spiro atoms. The third-order valence-corrected chi connectivity index (χ3v) is 3.03. The molecule has 88 valence electrons. The van der Waals surface area contributed by atoms with E-state index < -0.39 is 0 Å². The minimum Gasteiger partial charge on any atom is -0.379 e. The van der Waals surface area contributed by atoms with Crippen LogP contribution in [-0.4, -0.2) is 11.5 Å². The molecule has 1 unspecified atom stereocenters. The molecular formula is C13H14N2O2. The van der Waals surface area contributed by atoms with Gasteiger partial charge < -0.3 is 5.32 Å². The summed E-state index contributed by atoms with van der Waals surface area (Å²) in [7, 11) is 0. The van der Waals surface area contributed by atoms with E-state index in [0.717, 1.165) is 24.9 Å². The highest BCUT2D eigenvalue weighted by atomic mass is 16.6. The number of nitro groups is 1. The second-order valence-corrected chi connectivity index (χ2v) is 4.04. The third kappa shape index (κ3) is 2.23. The van der Waals surface area contributed by atoms with E-state index in [-0.39, 0.29) is 10.6 Å². The number of rotatable bonds is 3. The van der Waals surface area contributed by atoms with E-state index in [9.17, 15) is 10.1 Å². The van der Waals surface area contributed by atoms with Crippen molar-refractivity contribution < 1.29 is 4.92 Å². The molecule has 0 bridgehead atoms. The van der Waals surface area contributed by atoms with Crippen LogP contribution in [0.2, 0.25) is 0 Å². The van der Waals surface area contributed by atoms with Gasteiger partial charge in [0.1, 0.15) is 5.69 Å². The fourth-order valence-electron chi connectivity index (χ4n) is 2.21. The highest BCUT2D eigenvalue weighted by Gasteiger charge is 2.27. The molecule has 1 aromatic rings. The Morgan fingerprint density at radius 2 is 2.41 bits per heavy atom. The van der Waals surface area contributed by atoms with Crippen molar-refractivity contribution in [1.82, 2.24) is 0 Å². The summed E-state index contributed by atoms with van der Waals surface area (Å²) in [5.41, 5.74) is 1.91. The molecule has 0 saturated heterocycles. The van der Waals surface area contributed by atoms with E-state index in [1.165, 1.54) is 0 Å². The van der Waals surface area contributed by atoms with E-state index in [1.54, 1.807) is 12.1 Å². The molecule has 0 aromatic heterocycles. The molecule has 17 heavy (non-hydrogen) atoms. The number of para-hydroxylation sites is 1. The van der Waals surface area contributed by atoms with Gasteiger partial charge in [0, 0.05) is 24.9 Å². The summed E-state index contributed by atoms with van der Waals surface area (Å²) in [5.74, 6) is 6.24. The molecule has 1 aliphatic rings. The van der Waals surface area contributed by atoms with Crippen molar-refractivity contribution in [2.24, 2.45) is 0 Å². The Morgan fingerprint density at radius 3 is 3.12 bits per heavy atom. The lowest BCUT2D eigenvalue weighted by molar-refractivity contribution is -0.383. The van der Waals surface area contributed by atoms with Gasteiger partial charge >= 0.3 is 0 Å². The van der Waals surface area contributed by atoms with Gasteiger partial charge in [0.2, 0.25) is 0 Å². The molecule has 0 fully saturated rings. The van der Waals surface area contributed by atoms with Crippen LogP contribution in [0.25, 0.3) is 0 Å². The number of anilines is 1. The normalized spacial score (nSPS) is 16.6. The SMILES string of the molecule is CC#CCCC1CNc2c1cccc2[N+](=O)[O-]. The molecule has 2 rings (SSSR count). The molecule has 4 nitrogen and oxygen atoms in total. The van der Waals surface area contributed by atoms with Crippen LogP contribution in [0.15, 0.2) is 18.2 Å². The smallest absolute Gasteiger partial charge is 0.292 e. The average molecular weight is 230 g/mol. The van der Waals surface area contributed by atoms with E-state index in [2.05, 4.69) is 17.2 Å². The molecule has 1 aromatic carbocycles. The predicted octanol–water partition coefficient (Wildman–Crippen LogP) is 2.91. The first kappa shape index (κ1) is 11.5. The summed E-state index contributed by atoms with van der Waals surface area (Å²) < 4.78 is 0. The van der Waals surface area contributed by atoms with Gasteiger partial charge in [-0.15, -0.1) is 11.8 Å². The van der Waals surface area contributed by atoms with Gasteiger partial charge in [0.15, 0.2) is 0 Å². The van der Waals surface area contributed by atoms with Crippen molar-refractivity contribution >= 4 is 11.4 Å². The zero-order valence-electron chi connectivity index (χ0n) is 9.69. The highest BCUT2D eigenvalue weighted by molar-refractivity contribution is 5.70. The number of hydrogen-bond acceptors (Lipinski definition) is 3. The third-order valence-electron chi connectivity index (χ3n) is 3.03. The molecule has 1 aliphatic heterocycles. The second kappa shape index (κ2) is 4.88. The van der Waals surface area contributed by atoms with Gasteiger partial charge in [0.25, 0.3) is 5.69 Å². The maximum Gasteiger partial charge on any atom is 0.292 e. The van der Waals surface area contributed by atoms with E-state index in [1.807, 2.05) is 13.0 Å². The van der Waals surface area contributed by atoms with Crippen molar-refractivity contribution in [3.05, 3.63) is 33.9 Å². The van der Waals surface area contributed by atoms with Crippen molar-refractivity contribution in [2.45, 2.75) is 25.7 Å². The van der Waals surface area contributed by atoms with Gasteiger partial charge in [-0.3, -0.25) is 10.1 Å². The minimum atomic E-state index is -0.333. The van der Waals surface area contributed by atoms with Crippen LogP contribution in [0.3, 0.4) is 0 Å². The van der Waals surface area contributed by atoms with Crippen LogP contribution in [0, 0.1) is 22.0 Å². The van der Waals surface area contributed by atoms with Gasteiger partial charge in [0.05, 0.1) is 4.92 Å². The Morgan fingerprint density at radius 1 is 1.59 bits per heavy atom. The first-order valence-corrected chi connectivity index (χ1v) is 5.65. The first-order chi connectivity index (χ1) is 8.24. The number of hydrogen-bond donors (Lipinski definition) is 1. The molecular weight excluding hydrogens is 216 g/mol. The lowest BCUT2D eigenvalue weighted by atomic mass is 9.96. The number of benzene rings is 1. The topological polar surface area (TPSA) is 55.2 Å². The van der Waals surface area contributed by atoms with Crippen LogP contribution in [0.1, 0.15) is 31.2 Å². The highest BCUT2D eigenvalue weighted by Crippen LogP contribution is 2.39. The van der Waals surface area contributed by atoms with Crippen molar-refractivity contribution in [3.63, 3.8) is 0 Å². The Bertz CT molecular complexity index is 500. The summed E-state index contributed by atoms with van der Waals surface area (Å²) in [6.07, 6.45) is 1.78. The maximum absolute atomic E-state index is 10.9. The summed E-state index contributed by atoms with van der Waals surface area (Å²) in [6, 6.07) is 5.26. The van der Waals surface area contributed by atoms with Crippen LogP contribution in [0.5, 0.6) is 0 Å². The zero-order chi connectivity index (χ0) is 12.3. The maximum atomic E-state index is 10.9. The van der Waals surface area contributed by atoms with Crippen molar-refractivity contribution in [1.29, 1.82) is 0 Å². The Balaban J connectivity index is 2.22. The average Bonchev–Trinajstić information content (AvgIpc) is 2.72. The summed E-state index contributed by atoms with van der Waals surface area (Å²) in [5, 5.41) is 14.0. The largest absolute Gasteiger partial charge is 0.379 e. The van der Waals surface area contributed by atoms with Crippen LogP contribution < -0.4 is 5.32 Å². The zero-order valence-corrected chi connectivity index (χ0v) is 9.69. The predicted molar refractivity (Wildman–Crippen MR) is 67.0 cm³/mol. The minimum absolute atomic E-state index is 0.173. The lowest BCUT2D eigenvalue weighted by Gasteiger charge is -2.06. The summed E-state index contributed by atoms with van der Waals surface area (Å²) in [6.45, 7) is 2.59. The molecule has 1 heterocycles. The molecule has 4 heteroatoms. The van der Waals surface area contributed by atoms with Crippen LogP contribution >= 0.6 is 0 Å². The molecule has 0 radical (unpaired) electrons. The fourth-order valence-corrected chi connectivity index (χ4v) is 2.21. The van der Waals surface area contributed by atoms with Gasteiger partial charge in [-0.25, -0.2) is 0 Å².